The Morgan fingerprint density at radius 3 is 0.860 bits per heavy atom. The summed E-state index contributed by atoms with van der Waals surface area (Å²) in [5.74, 6) is 0.733. The van der Waals surface area contributed by atoms with E-state index in [4.69, 9.17) is 14.2 Å². The third kappa shape index (κ3) is 45.3. The Balaban J connectivity index is 4.27. The zero-order chi connectivity index (χ0) is 41.9. The summed E-state index contributed by atoms with van der Waals surface area (Å²) in [5.41, 5.74) is 0. The number of hydrogen-bond acceptors (Lipinski definition) is 6. The van der Waals surface area contributed by atoms with Gasteiger partial charge in [0.05, 0.1) is 0 Å². The van der Waals surface area contributed by atoms with Gasteiger partial charge in [0.2, 0.25) is 0 Å². The Bertz CT molecular complexity index is 870. The first kappa shape index (κ1) is 55.4. The molecule has 0 unspecified atom stereocenters. The van der Waals surface area contributed by atoms with Gasteiger partial charge in [-0.25, -0.2) is 0 Å². The summed E-state index contributed by atoms with van der Waals surface area (Å²) in [6.07, 6.45) is 43.9. The Kier molecular flexibility index (Phi) is 42.7. The molecule has 0 aliphatic rings. The largest absolute Gasteiger partial charge is 0.462 e. The number of hydrogen-bond donors (Lipinski definition) is 0. The lowest BCUT2D eigenvalue weighted by Gasteiger charge is -2.18. The SMILES string of the molecule is CCCCCCCCCCCCCCCCCCC(=O)OC[C@H](COC(=O)CCCCCCCCC(C)C)OC(=O)CCCCCCCCCCCCCC(C)C. The topological polar surface area (TPSA) is 78.9 Å². The second-order valence-electron chi connectivity index (χ2n) is 18.4. The summed E-state index contributed by atoms with van der Waals surface area (Å²) in [6, 6.07) is 0. The van der Waals surface area contributed by atoms with E-state index in [1.54, 1.807) is 0 Å². The van der Waals surface area contributed by atoms with Gasteiger partial charge < -0.3 is 14.2 Å². The lowest BCUT2D eigenvalue weighted by atomic mass is 10.0. The summed E-state index contributed by atoms with van der Waals surface area (Å²) >= 11 is 0. The Hall–Kier alpha value is -1.59. The van der Waals surface area contributed by atoms with Crippen molar-refractivity contribution < 1.29 is 28.6 Å². The molecule has 0 rings (SSSR count). The Morgan fingerprint density at radius 2 is 0.579 bits per heavy atom. The van der Waals surface area contributed by atoms with Gasteiger partial charge in [-0.05, 0) is 31.1 Å². The minimum atomic E-state index is -0.762. The minimum Gasteiger partial charge on any atom is -0.462 e. The molecule has 6 nitrogen and oxygen atoms in total. The van der Waals surface area contributed by atoms with E-state index in [-0.39, 0.29) is 31.1 Å². The van der Waals surface area contributed by atoms with E-state index in [9.17, 15) is 14.4 Å². The van der Waals surface area contributed by atoms with Crippen LogP contribution in [0.4, 0.5) is 0 Å². The van der Waals surface area contributed by atoms with E-state index in [0.29, 0.717) is 19.3 Å². The quantitative estimate of drug-likeness (QED) is 0.0346. The molecule has 0 fully saturated rings. The molecule has 0 aliphatic carbocycles. The van der Waals surface area contributed by atoms with Gasteiger partial charge in [0.25, 0.3) is 0 Å². The number of esters is 3. The predicted molar refractivity (Wildman–Crippen MR) is 243 cm³/mol. The molecule has 0 saturated carbocycles. The fourth-order valence-corrected chi connectivity index (χ4v) is 7.64. The van der Waals surface area contributed by atoms with Crippen LogP contribution in [0.1, 0.15) is 279 Å². The summed E-state index contributed by atoms with van der Waals surface area (Å²) < 4.78 is 16.8. The van der Waals surface area contributed by atoms with Crippen LogP contribution in [0.3, 0.4) is 0 Å². The van der Waals surface area contributed by atoms with Gasteiger partial charge >= 0.3 is 17.9 Å². The van der Waals surface area contributed by atoms with Crippen LogP contribution >= 0.6 is 0 Å². The molecule has 338 valence electrons. The van der Waals surface area contributed by atoms with Crippen LogP contribution in [0.5, 0.6) is 0 Å². The van der Waals surface area contributed by atoms with Gasteiger partial charge in [-0.1, -0.05) is 240 Å². The highest BCUT2D eigenvalue weighted by molar-refractivity contribution is 5.71. The zero-order valence-electron chi connectivity index (χ0n) is 39.0. The molecule has 0 saturated heterocycles. The van der Waals surface area contributed by atoms with Crippen molar-refractivity contribution in [1.82, 2.24) is 0 Å². The van der Waals surface area contributed by atoms with E-state index in [0.717, 1.165) is 69.6 Å². The molecule has 57 heavy (non-hydrogen) atoms. The van der Waals surface area contributed by atoms with Gasteiger partial charge in [-0.15, -0.1) is 0 Å². The van der Waals surface area contributed by atoms with Gasteiger partial charge in [-0.2, -0.15) is 0 Å². The van der Waals surface area contributed by atoms with E-state index in [2.05, 4.69) is 34.6 Å². The Labute approximate surface area is 355 Å². The van der Waals surface area contributed by atoms with Gasteiger partial charge in [0, 0.05) is 19.3 Å². The molecular formula is C51H98O6. The van der Waals surface area contributed by atoms with Crippen molar-refractivity contribution in [2.45, 2.75) is 285 Å². The molecule has 6 heteroatoms. The fraction of sp³-hybridized carbons (Fsp3) is 0.941. The molecule has 1 atom stereocenters. The minimum absolute atomic E-state index is 0.0647. The first-order chi connectivity index (χ1) is 27.7. The zero-order valence-corrected chi connectivity index (χ0v) is 39.0. The summed E-state index contributed by atoms with van der Waals surface area (Å²) in [4.78, 5) is 37.8. The third-order valence-corrected chi connectivity index (χ3v) is 11.5. The first-order valence-electron chi connectivity index (χ1n) is 25.2. The molecule has 0 spiro atoms. The van der Waals surface area contributed by atoms with Crippen molar-refractivity contribution in [2.24, 2.45) is 11.8 Å². The molecular weight excluding hydrogens is 709 g/mol. The first-order valence-corrected chi connectivity index (χ1v) is 25.2. The normalized spacial score (nSPS) is 12.1. The van der Waals surface area contributed by atoms with Gasteiger partial charge in [0.15, 0.2) is 6.10 Å². The van der Waals surface area contributed by atoms with Crippen LogP contribution in [0.25, 0.3) is 0 Å². The molecule has 0 radical (unpaired) electrons. The summed E-state index contributed by atoms with van der Waals surface area (Å²) in [6.45, 7) is 11.3. The van der Waals surface area contributed by atoms with Crippen LogP contribution < -0.4 is 0 Å². The highest BCUT2D eigenvalue weighted by Gasteiger charge is 2.19. The number of rotatable bonds is 45. The van der Waals surface area contributed by atoms with E-state index in [1.807, 2.05) is 0 Å². The van der Waals surface area contributed by atoms with Crippen LogP contribution in [0.15, 0.2) is 0 Å². The van der Waals surface area contributed by atoms with Crippen LogP contribution in [0.2, 0.25) is 0 Å². The Morgan fingerprint density at radius 1 is 0.333 bits per heavy atom. The van der Waals surface area contributed by atoms with E-state index < -0.39 is 6.10 Å². The number of carbonyl (C=O) groups excluding carboxylic acids is 3. The second kappa shape index (κ2) is 44.0. The van der Waals surface area contributed by atoms with Crippen LogP contribution in [-0.4, -0.2) is 37.2 Å². The van der Waals surface area contributed by atoms with E-state index >= 15 is 0 Å². The van der Waals surface area contributed by atoms with Crippen LogP contribution in [0, 0.1) is 11.8 Å². The maximum atomic E-state index is 12.8. The monoisotopic (exact) mass is 807 g/mol. The van der Waals surface area contributed by atoms with Crippen LogP contribution in [-0.2, 0) is 28.6 Å². The molecule has 0 bridgehead atoms. The fourth-order valence-electron chi connectivity index (χ4n) is 7.64. The molecule has 0 aromatic heterocycles. The predicted octanol–water partition coefficient (Wildman–Crippen LogP) is 16.1. The molecule has 0 heterocycles. The second-order valence-corrected chi connectivity index (χ2v) is 18.4. The molecule has 0 N–H and O–H groups in total. The lowest BCUT2D eigenvalue weighted by Crippen LogP contribution is -2.30. The number of carbonyl (C=O) groups is 3. The van der Waals surface area contributed by atoms with Crippen molar-refractivity contribution in [1.29, 1.82) is 0 Å². The third-order valence-electron chi connectivity index (χ3n) is 11.5. The summed E-state index contributed by atoms with van der Waals surface area (Å²) in [5, 5.41) is 0. The highest BCUT2D eigenvalue weighted by atomic mass is 16.6. The number of unbranched alkanes of at least 4 members (excludes halogenated alkanes) is 30. The van der Waals surface area contributed by atoms with Crippen molar-refractivity contribution in [3.8, 4) is 0 Å². The summed E-state index contributed by atoms with van der Waals surface area (Å²) in [7, 11) is 0. The lowest BCUT2D eigenvalue weighted by molar-refractivity contribution is -0.167. The van der Waals surface area contributed by atoms with Crippen molar-refractivity contribution >= 4 is 17.9 Å². The average molecular weight is 807 g/mol. The molecule has 0 aromatic carbocycles. The van der Waals surface area contributed by atoms with Gasteiger partial charge in [-0.3, -0.25) is 14.4 Å². The average Bonchev–Trinajstić information content (AvgIpc) is 3.18. The van der Waals surface area contributed by atoms with E-state index in [1.165, 1.54) is 167 Å². The molecule has 0 aromatic rings. The smallest absolute Gasteiger partial charge is 0.306 e. The molecule has 0 amide bonds. The maximum absolute atomic E-state index is 12.8. The standard InChI is InChI=1S/C51H98O6/c1-6-7-8-9-10-11-12-13-14-15-16-19-22-25-31-36-41-49(52)55-44-48(45-56-50(53)42-37-32-28-27-30-35-40-47(4)5)57-51(54)43-38-33-26-23-20-17-18-21-24-29-34-39-46(2)3/h46-48H,6-45H2,1-5H3/t48-/m1/s1. The molecule has 0 aliphatic heterocycles. The van der Waals surface area contributed by atoms with Crippen molar-refractivity contribution in [3.63, 3.8) is 0 Å². The highest BCUT2D eigenvalue weighted by Crippen LogP contribution is 2.17. The van der Waals surface area contributed by atoms with Crippen molar-refractivity contribution in [3.05, 3.63) is 0 Å². The van der Waals surface area contributed by atoms with Crippen molar-refractivity contribution in [2.75, 3.05) is 13.2 Å². The van der Waals surface area contributed by atoms with Gasteiger partial charge in [0.1, 0.15) is 13.2 Å². The maximum Gasteiger partial charge on any atom is 0.306 e. The number of ether oxygens (including phenoxy) is 3.